The molecule has 524 valence electrons. The number of phenolic OH excluding ortho intramolecular Hbond substituents is 1. The average Bonchev–Trinajstić information content (AvgIpc) is 1.82. The van der Waals surface area contributed by atoms with Crippen LogP contribution in [0.4, 0.5) is 0 Å². The average molecular weight is 1480 g/mol. The van der Waals surface area contributed by atoms with Crippen molar-refractivity contribution in [3.63, 3.8) is 0 Å². The fourth-order valence-corrected chi connectivity index (χ4v) is 13.6. The van der Waals surface area contributed by atoms with Gasteiger partial charge in [0.15, 0.2) is 6.29 Å². The van der Waals surface area contributed by atoms with Gasteiger partial charge in [-0.1, -0.05) is 76.2 Å². The van der Waals surface area contributed by atoms with E-state index >= 15 is 14.4 Å². The van der Waals surface area contributed by atoms with Gasteiger partial charge in [-0.2, -0.15) is 0 Å². The van der Waals surface area contributed by atoms with E-state index in [1.165, 1.54) is 26.0 Å². The summed E-state index contributed by atoms with van der Waals surface area (Å²) < 4.78 is 17.0. The van der Waals surface area contributed by atoms with E-state index in [0.29, 0.717) is 37.6 Å². The molecule has 3 aromatic carbocycles. The zero-order valence-electron chi connectivity index (χ0n) is 51.9. The lowest BCUT2D eigenvalue weighted by atomic mass is 9.95. The van der Waals surface area contributed by atoms with Gasteiger partial charge in [-0.25, -0.2) is 0 Å². The number of halogens is 1. The number of H-pyrrole nitrogens is 1. The van der Waals surface area contributed by atoms with Crippen molar-refractivity contribution in [2.75, 3.05) is 44.4 Å². The molecule has 0 radical (unpaired) electrons. The van der Waals surface area contributed by atoms with Crippen LogP contribution in [0.2, 0.25) is 0 Å². The number of rotatable bonds is 23. The van der Waals surface area contributed by atoms with Crippen molar-refractivity contribution in [1.29, 1.82) is 0 Å². The quantitative estimate of drug-likeness (QED) is 0.0187. The molecule has 9 unspecified atom stereocenters. The highest BCUT2D eigenvalue weighted by atomic mass is 123. The highest BCUT2D eigenvalue weighted by molar-refractivity contribution is 14.1. The SMILES string of the molecule is CC(O)[C@@H]1NC(=O)[C@H](CCCCN)NC(=O)[C@@H](Cc2c[nH]c3ccccc23)NC(=O)[C@H](Cc2ccc(O)c([123I])c2)NC(=O)C(NC(=O)C(Cc2ccccc2)NCC2(O)OCC(O)[C@@H](O[C@@H]3OC(CO)[C@@H](O)[C@H](O)C3O)C2O)CSSC[C@@H](C(=O)N[C@H](CO)C(C)O)NC1=O. The minimum absolute atomic E-state index is 0.0604. The maximum Gasteiger partial charge on any atom is 0.245 e. The Kier molecular flexibility index (Phi) is 29.1. The zero-order valence-corrected chi connectivity index (χ0v) is 55.7. The van der Waals surface area contributed by atoms with Crippen LogP contribution >= 0.6 is 44.2 Å². The Balaban J connectivity index is 1.27. The van der Waals surface area contributed by atoms with Crippen LogP contribution in [0.15, 0.2) is 79.0 Å². The topological polar surface area (TPSA) is 508 Å². The molecule has 3 fully saturated rings. The van der Waals surface area contributed by atoms with Gasteiger partial charge in [0.2, 0.25) is 47.1 Å². The maximum atomic E-state index is 15.3. The van der Waals surface area contributed by atoms with E-state index in [0.717, 1.165) is 21.6 Å². The molecule has 22 N–H and O–H groups in total. The molecule has 0 saturated carbocycles. The number of unbranched alkanes of at least 4 members (excludes halogenated alkanes) is 1. The van der Waals surface area contributed by atoms with Gasteiger partial charge in [0.25, 0.3) is 0 Å². The van der Waals surface area contributed by atoms with Crippen LogP contribution in [0.1, 0.15) is 49.8 Å². The van der Waals surface area contributed by atoms with E-state index in [2.05, 4.69) is 47.5 Å². The van der Waals surface area contributed by atoms with E-state index in [1.54, 1.807) is 66.9 Å². The first-order valence-corrected chi connectivity index (χ1v) is 34.3. The van der Waals surface area contributed by atoms with E-state index in [9.17, 15) is 75.3 Å². The Labute approximate surface area is 567 Å². The number of carbonyl (C=O) groups is 7. The second kappa shape index (κ2) is 36.1. The molecule has 4 heterocycles. The van der Waals surface area contributed by atoms with E-state index in [4.69, 9.17) is 19.9 Å². The first-order valence-electron chi connectivity index (χ1n) is 30.8. The Morgan fingerprint density at radius 2 is 1.45 bits per heavy atom. The van der Waals surface area contributed by atoms with E-state index in [-0.39, 0.29) is 50.2 Å². The van der Waals surface area contributed by atoms with Crippen molar-refractivity contribution in [2.45, 2.75) is 168 Å². The summed E-state index contributed by atoms with van der Waals surface area (Å²) in [5.41, 5.74) is 7.99. The normalized spacial score (nSPS) is 29.9. The predicted molar refractivity (Wildman–Crippen MR) is 352 cm³/mol. The number of benzene rings is 3. The minimum atomic E-state index is -2.72. The number of nitrogens with one attached hydrogen (secondary N) is 9. The molecule has 34 heteroatoms. The molecule has 1 aromatic heterocycles. The molecule has 0 bridgehead atoms. The standard InChI is InChI=1S/C61H85IN10O21S2/c1-29(75)41(23-73)69-58(88)43-27-95-94-26-42(70-54(84)38(19-31-10-4-3-5-11-31)65-28-61(90)52(82)51(45(78)25-91-61)93-60-50(81)49(80)48(79)46(24-74)92-60)57(87)67-39(20-32-15-16-44(77)35(62)18-32)55(85)68-40(21-33-22-64-36-13-7-6-12-34(33)36)56(86)66-37(14-8-9-17-63)53(83)72-47(30(2)76)59(89)71-43/h3-7,10-13,15-16,18,22,29-30,37-43,45-52,60,64-65,73-82,90H,8-9,14,17,19-21,23-28,63H2,1-2H3,(H,66,86)(H,67,87)(H,68,85)(H,69,88)(H,70,84)(H,71,89)(H,72,83)/t29?,30?,37-,38?,39-,40+,41+,42?,43-,45?,46?,47-,48+,49-,50?,51+,52?,60-,61?/m0/s1/i62-4. The smallest absolute Gasteiger partial charge is 0.245 e. The lowest BCUT2D eigenvalue weighted by molar-refractivity contribution is -0.367. The van der Waals surface area contributed by atoms with Crippen LogP contribution in [-0.2, 0) is 67.0 Å². The van der Waals surface area contributed by atoms with Gasteiger partial charge < -0.3 is 124 Å². The summed E-state index contributed by atoms with van der Waals surface area (Å²) in [7, 11) is 1.77. The van der Waals surface area contributed by atoms with Crippen LogP contribution < -0.4 is 48.3 Å². The number of amides is 7. The molecule has 0 aliphatic carbocycles. The molecular weight excluding hydrogens is 1400 g/mol. The largest absolute Gasteiger partial charge is 0.507 e. The number of fused-ring (bicyclic) bond motifs is 1. The third-order valence-corrected chi connectivity index (χ3v) is 19.7. The highest BCUT2D eigenvalue weighted by Gasteiger charge is 2.53. The van der Waals surface area contributed by atoms with E-state index < -0.39 is 189 Å². The summed E-state index contributed by atoms with van der Waals surface area (Å²) in [6.45, 7) is -0.430. The number of aliphatic hydroxyl groups is 10. The van der Waals surface area contributed by atoms with E-state index in [1.807, 2.05) is 22.6 Å². The second-order valence-electron chi connectivity index (χ2n) is 23.6. The van der Waals surface area contributed by atoms with Crippen LogP contribution in [0.25, 0.3) is 10.9 Å². The molecule has 95 heavy (non-hydrogen) atoms. The van der Waals surface area contributed by atoms with Crippen molar-refractivity contribution < 1.29 is 104 Å². The second-order valence-corrected chi connectivity index (χ2v) is 27.3. The Hall–Kier alpha value is -5.88. The Morgan fingerprint density at radius 3 is 2.13 bits per heavy atom. The first-order chi connectivity index (χ1) is 45.2. The van der Waals surface area contributed by atoms with Crippen molar-refractivity contribution in [3.8, 4) is 5.75 Å². The van der Waals surface area contributed by atoms with Crippen molar-refractivity contribution >= 4 is 96.4 Å². The highest BCUT2D eigenvalue weighted by Crippen LogP contribution is 2.31. The third kappa shape index (κ3) is 20.8. The summed E-state index contributed by atoms with van der Waals surface area (Å²) in [4.78, 5) is 106. The van der Waals surface area contributed by atoms with Gasteiger partial charge in [0.05, 0.1) is 54.2 Å². The Bertz CT molecular complexity index is 3220. The molecule has 31 nitrogen and oxygen atoms in total. The molecule has 3 aliphatic rings. The van der Waals surface area contributed by atoms with Crippen molar-refractivity contribution in [2.24, 2.45) is 5.73 Å². The third-order valence-electron chi connectivity index (χ3n) is 16.4. The van der Waals surface area contributed by atoms with Gasteiger partial charge in [0.1, 0.15) is 84.7 Å². The van der Waals surface area contributed by atoms with Crippen LogP contribution in [0.5, 0.6) is 5.75 Å². The number of aromatic amines is 1. The molecule has 7 amide bonds. The number of phenols is 1. The molecule has 7 rings (SSSR count). The lowest BCUT2D eigenvalue weighted by Gasteiger charge is -2.47. The zero-order chi connectivity index (χ0) is 69.3. The minimum Gasteiger partial charge on any atom is -0.507 e. The number of hydrogen-bond acceptors (Lipinski definition) is 25. The Morgan fingerprint density at radius 1 is 0.789 bits per heavy atom. The number of nitrogens with two attached hydrogens (primary N) is 1. The number of aromatic hydroxyl groups is 1. The molecule has 19 atom stereocenters. The first kappa shape index (κ1) is 76.5. The maximum absolute atomic E-state index is 15.3. The summed E-state index contributed by atoms with van der Waals surface area (Å²) in [6.07, 6.45) is -16.2. The van der Waals surface area contributed by atoms with Crippen LogP contribution in [-0.4, -0.2) is 262 Å². The van der Waals surface area contributed by atoms with Gasteiger partial charge in [-0.3, -0.25) is 33.6 Å². The summed E-state index contributed by atoms with van der Waals surface area (Å²) in [5.74, 6) is -10.3. The predicted octanol–water partition coefficient (Wildman–Crippen LogP) is -5.24. The number of aliphatic hydroxyl groups excluding tert-OH is 9. The number of hydrogen-bond donors (Lipinski definition) is 21. The molecule has 3 aliphatic heterocycles. The van der Waals surface area contributed by atoms with Crippen molar-refractivity contribution in [3.05, 3.63) is 99.3 Å². The summed E-state index contributed by atoms with van der Waals surface area (Å²) >= 11 is 1.88. The number of carbonyl (C=O) groups excluding carboxylic acids is 7. The number of para-hydroxylation sites is 1. The fraction of sp³-hybridized carbons (Fsp3) is 0.557. The van der Waals surface area contributed by atoms with Crippen LogP contribution in [0, 0.1) is 3.57 Å². The van der Waals surface area contributed by atoms with Gasteiger partial charge in [0, 0.05) is 41.4 Å². The number of ether oxygens (including phenoxy) is 3. The summed E-state index contributed by atoms with van der Waals surface area (Å²) in [5, 5.41) is 140. The molecule has 3 saturated heterocycles. The van der Waals surface area contributed by atoms with Crippen molar-refractivity contribution in [1.82, 2.24) is 47.5 Å². The monoisotopic (exact) mass is 1480 g/mol. The fourth-order valence-electron chi connectivity index (χ4n) is 10.7. The lowest BCUT2D eigenvalue weighted by Crippen LogP contribution is -2.68. The van der Waals surface area contributed by atoms with Gasteiger partial charge >= 0.3 is 0 Å². The van der Waals surface area contributed by atoms with Gasteiger partial charge in [-0.05, 0) is 104 Å². The summed E-state index contributed by atoms with van der Waals surface area (Å²) in [6, 6.07) is 7.66. The molecular formula is C61H85IN10O21S2. The number of aromatic nitrogens is 1. The van der Waals surface area contributed by atoms with Gasteiger partial charge in [-0.15, -0.1) is 0 Å². The molecule has 0 spiro atoms. The van der Waals surface area contributed by atoms with Crippen LogP contribution in [0.3, 0.4) is 0 Å². The molecule has 4 aromatic rings.